The van der Waals surface area contributed by atoms with Gasteiger partial charge < -0.3 is 9.67 Å². The SMILES string of the molecule is Cc1c(O)ccc2c1ccn2C. The standard InChI is InChI=1S/C10H11NO/c1-7-8-5-6-11(2)9(8)3-4-10(7)12/h3-6,12H,1-2H3. The zero-order valence-electron chi connectivity index (χ0n) is 7.20. The van der Waals surface area contributed by atoms with Gasteiger partial charge in [0, 0.05) is 29.7 Å². The summed E-state index contributed by atoms with van der Waals surface area (Å²) < 4.78 is 2.04. The van der Waals surface area contributed by atoms with E-state index in [1.165, 1.54) is 0 Å². The maximum absolute atomic E-state index is 9.42. The first-order valence-corrected chi connectivity index (χ1v) is 3.94. The van der Waals surface area contributed by atoms with Gasteiger partial charge >= 0.3 is 0 Å². The molecule has 0 fully saturated rings. The Balaban J connectivity index is 2.93. The Labute approximate surface area is 71.1 Å². The zero-order chi connectivity index (χ0) is 8.72. The van der Waals surface area contributed by atoms with Crippen molar-refractivity contribution in [3.05, 3.63) is 30.0 Å². The van der Waals surface area contributed by atoms with Crippen LogP contribution in [-0.2, 0) is 7.05 Å². The van der Waals surface area contributed by atoms with Crippen LogP contribution in [0.3, 0.4) is 0 Å². The second-order valence-corrected chi connectivity index (χ2v) is 3.07. The first-order chi connectivity index (χ1) is 5.70. The molecule has 0 aliphatic heterocycles. The van der Waals surface area contributed by atoms with E-state index in [0.29, 0.717) is 5.75 Å². The van der Waals surface area contributed by atoms with Crippen LogP contribution in [0, 0.1) is 6.92 Å². The van der Waals surface area contributed by atoms with Crippen molar-refractivity contribution in [3.8, 4) is 5.75 Å². The third-order valence-electron chi connectivity index (χ3n) is 2.31. The van der Waals surface area contributed by atoms with Gasteiger partial charge in [0.1, 0.15) is 5.75 Å². The number of fused-ring (bicyclic) bond motifs is 1. The molecule has 2 heteroatoms. The van der Waals surface area contributed by atoms with Crippen LogP contribution in [0.25, 0.3) is 10.9 Å². The highest BCUT2D eigenvalue weighted by atomic mass is 16.3. The van der Waals surface area contributed by atoms with E-state index in [-0.39, 0.29) is 0 Å². The molecule has 2 nitrogen and oxygen atoms in total. The summed E-state index contributed by atoms with van der Waals surface area (Å²) in [5.41, 5.74) is 2.11. The molecule has 0 spiro atoms. The molecule has 0 amide bonds. The first-order valence-electron chi connectivity index (χ1n) is 3.94. The summed E-state index contributed by atoms with van der Waals surface area (Å²) in [5.74, 6) is 0.369. The predicted octanol–water partition coefficient (Wildman–Crippen LogP) is 2.19. The summed E-state index contributed by atoms with van der Waals surface area (Å²) in [6.45, 7) is 1.93. The van der Waals surface area contributed by atoms with Crippen LogP contribution < -0.4 is 0 Å². The van der Waals surface area contributed by atoms with Crippen LogP contribution in [0.4, 0.5) is 0 Å². The number of benzene rings is 1. The number of hydrogen-bond donors (Lipinski definition) is 1. The van der Waals surface area contributed by atoms with Gasteiger partial charge in [-0.15, -0.1) is 0 Å². The fraction of sp³-hybridized carbons (Fsp3) is 0.200. The van der Waals surface area contributed by atoms with E-state index in [9.17, 15) is 5.11 Å². The molecule has 0 atom stereocenters. The molecule has 12 heavy (non-hydrogen) atoms. The number of rotatable bonds is 0. The fourth-order valence-corrected chi connectivity index (χ4v) is 1.49. The minimum Gasteiger partial charge on any atom is -0.508 e. The van der Waals surface area contributed by atoms with Crippen LogP contribution >= 0.6 is 0 Å². The largest absolute Gasteiger partial charge is 0.508 e. The van der Waals surface area contributed by atoms with E-state index in [4.69, 9.17) is 0 Å². The topological polar surface area (TPSA) is 25.2 Å². The Bertz CT molecular complexity index is 429. The molecular weight excluding hydrogens is 150 g/mol. The van der Waals surface area contributed by atoms with Crippen LogP contribution in [0.15, 0.2) is 24.4 Å². The third-order valence-corrected chi connectivity index (χ3v) is 2.31. The number of nitrogens with zero attached hydrogens (tertiary/aromatic N) is 1. The van der Waals surface area contributed by atoms with E-state index < -0.39 is 0 Å². The average molecular weight is 161 g/mol. The number of aryl methyl sites for hydroxylation is 2. The van der Waals surface area contributed by atoms with E-state index in [0.717, 1.165) is 16.5 Å². The molecule has 2 aromatic rings. The highest BCUT2D eigenvalue weighted by Crippen LogP contribution is 2.26. The van der Waals surface area contributed by atoms with Gasteiger partial charge in [-0.1, -0.05) is 0 Å². The van der Waals surface area contributed by atoms with Gasteiger partial charge in [0.15, 0.2) is 0 Å². The predicted molar refractivity (Wildman–Crippen MR) is 49.3 cm³/mol. The quantitative estimate of drug-likeness (QED) is 0.629. The molecule has 0 saturated carbocycles. The van der Waals surface area contributed by atoms with E-state index >= 15 is 0 Å². The molecule has 1 N–H and O–H groups in total. The highest BCUT2D eigenvalue weighted by Gasteiger charge is 2.03. The zero-order valence-corrected chi connectivity index (χ0v) is 7.20. The van der Waals surface area contributed by atoms with Gasteiger partial charge in [-0.2, -0.15) is 0 Å². The Morgan fingerprint density at radius 1 is 1.25 bits per heavy atom. The van der Waals surface area contributed by atoms with Crippen molar-refractivity contribution in [3.63, 3.8) is 0 Å². The Morgan fingerprint density at radius 3 is 2.75 bits per heavy atom. The Hall–Kier alpha value is -1.44. The van der Waals surface area contributed by atoms with Crippen molar-refractivity contribution in [1.29, 1.82) is 0 Å². The van der Waals surface area contributed by atoms with E-state index in [1.807, 2.05) is 36.9 Å². The Kier molecular flexibility index (Phi) is 1.37. The van der Waals surface area contributed by atoms with Gasteiger partial charge in [0.2, 0.25) is 0 Å². The lowest BCUT2D eigenvalue weighted by molar-refractivity contribution is 0.472. The van der Waals surface area contributed by atoms with Gasteiger partial charge in [-0.3, -0.25) is 0 Å². The number of hydrogen-bond acceptors (Lipinski definition) is 1. The summed E-state index contributed by atoms with van der Waals surface area (Å²) in [7, 11) is 2.00. The second kappa shape index (κ2) is 2.27. The molecule has 0 aliphatic rings. The smallest absolute Gasteiger partial charge is 0.119 e. The van der Waals surface area contributed by atoms with Crippen LogP contribution in [0.5, 0.6) is 5.75 Å². The normalized spacial score (nSPS) is 10.8. The third kappa shape index (κ3) is 0.811. The lowest BCUT2D eigenvalue weighted by Gasteiger charge is -2.00. The molecule has 1 aromatic carbocycles. The molecule has 0 aliphatic carbocycles. The molecule has 62 valence electrons. The summed E-state index contributed by atoms with van der Waals surface area (Å²) in [6, 6.07) is 5.68. The van der Waals surface area contributed by atoms with Crippen molar-refractivity contribution < 1.29 is 5.11 Å². The van der Waals surface area contributed by atoms with E-state index in [1.54, 1.807) is 6.07 Å². The monoisotopic (exact) mass is 161 g/mol. The summed E-state index contributed by atoms with van der Waals surface area (Å²) in [6.07, 6.45) is 2.00. The van der Waals surface area contributed by atoms with Gasteiger partial charge in [0.25, 0.3) is 0 Å². The maximum Gasteiger partial charge on any atom is 0.119 e. The van der Waals surface area contributed by atoms with Gasteiger partial charge in [-0.25, -0.2) is 0 Å². The summed E-state index contributed by atoms with van der Waals surface area (Å²) in [4.78, 5) is 0. The van der Waals surface area contributed by atoms with Crippen molar-refractivity contribution in [2.45, 2.75) is 6.92 Å². The molecule has 1 aromatic heterocycles. The lowest BCUT2D eigenvalue weighted by atomic mass is 10.1. The first kappa shape index (κ1) is 7.22. The molecule has 0 unspecified atom stereocenters. The van der Waals surface area contributed by atoms with E-state index in [2.05, 4.69) is 0 Å². The number of aromatic hydroxyl groups is 1. The Morgan fingerprint density at radius 2 is 2.00 bits per heavy atom. The average Bonchev–Trinajstić information content (AvgIpc) is 2.41. The lowest BCUT2D eigenvalue weighted by Crippen LogP contribution is -1.84. The molecule has 2 rings (SSSR count). The minimum absolute atomic E-state index is 0.369. The van der Waals surface area contributed by atoms with Crippen molar-refractivity contribution in [2.24, 2.45) is 7.05 Å². The summed E-state index contributed by atoms with van der Waals surface area (Å²) in [5, 5.41) is 10.5. The van der Waals surface area contributed by atoms with Gasteiger partial charge in [0.05, 0.1) is 0 Å². The molecule has 0 saturated heterocycles. The molecule has 0 radical (unpaired) electrons. The number of phenols is 1. The van der Waals surface area contributed by atoms with Gasteiger partial charge in [-0.05, 0) is 25.1 Å². The van der Waals surface area contributed by atoms with Crippen molar-refractivity contribution >= 4 is 10.9 Å². The molecule has 1 heterocycles. The van der Waals surface area contributed by atoms with Crippen LogP contribution in [-0.4, -0.2) is 9.67 Å². The van der Waals surface area contributed by atoms with Crippen molar-refractivity contribution in [2.75, 3.05) is 0 Å². The summed E-state index contributed by atoms with van der Waals surface area (Å²) >= 11 is 0. The second-order valence-electron chi connectivity index (χ2n) is 3.07. The maximum atomic E-state index is 9.42. The molecular formula is C10H11NO. The van der Waals surface area contributed by atoms with Crippen LogP contribution in [0.1, 0.15) is 5.56 Å². The molecule has 0 bridgehead atoms. The van der Waals surface area contributed by atoms with Crippen LogP contribution in [0.2, 0.25) is 0 Å². The minimum atomic E-state index is 0.369. The number of aromatic nitrogens is 1. The van der Waals surface area contributed by atoms with Crippen molar-refractivity contribution in [1.82, 2.24) is 4.57 Å². The fourth-order valence-electron chi connectivity index (χ4n) is 1.49. The number of phenolic OH excluding ortho intramolecular Hbond substituents is 1. The highest BCUT2D eigenvalue weighted by molar-refractivity contribution is 5.85.